The molecule has 0 amide bonds. The molecule has 2 unspecified atom stereocenters. The molecule has 3 heterocycles. The SMILES string of the molecule is C1=C(c2cc3ncccc3o2)C2CNCC2CC1. The van der Waals surface area contributed by atoms with E-state index in [-0.39, 0.29) is 0 Å². The van der Waals surface area contributed by atoms with Gasteiger partial charge >= 0.3 is 0 Å². The zero-order valence-corrected chi connectivity index (χ0v) is 10.2. The second kappa shape index (κ2) is 3.95. The van der Waals surface area contributed by atoms with E-state index in [4.69, 9.17) is 4.42 Å². The predicted octanol–water partition coefficient (Wildman–Crippen LogP) is 2.84. The summed E-state index contributed by atoms with van der Waals surface area (Å²) in [7, 11) is 0. The van der Waals surface area contributed by atoms with Crippen LogP contribution in [0.4, 0.5) is 0 Å². The summed E-state index contributed by atoms with van der Waals surface area (Å²) >= 11 is 0. The number of hydrogen-bond donors (Lipinski definition) is 1. The second-order valence-electron chi connectivity index (χ2n) is 5.26. The molecule has 3 heteroatoms. The zero-order valence-electron chi connectivity index (χ0n) is 10.2. The Morgan fingerprint density at radius 2 is 2.33 bits per heavy atom. The molecule has 18 heavy (non-hydrogen) atoms. The Labute approximate surface area is 106 Å². The van der Waals surface area contributed by atoms with E-state index >= 15 is 0 Å². The molecule has 2 atom stereocenters. The highest BCUT2D eigenvalue weighted by atomic mass is 16.3. The molecule has 2 aliphatic rings. The molecule has 1 fully saturated rings. The van der Waals surface area contributed by atoms with Crippen molar-refractivity contribution >= 4 is 16.7 Å². The van der Waals surface area contributed by atoms with Gasteiger partial charge in [0.25, 0.3) is 0 Å². The fourth-order valence-corrected chi connectivity index (χ4v) is 3.30. The summed E-state index contributed by atoms with van der Waals surface area (Å²) in [4.78, 5) is 4.35. The molecule has 92 valence electrons. The molecule has 0 spiro atoms. The highest BCUT2D eigenvalue weighted by Gasteiger charge is 2.33. The maximum absolute atomic E-state index is 5.96. The van der Waals surface area contributed by atoms with Gasteiger partial charge in [0.1, 0.15) is 11.3 Å². The Morgan fingerprint density at radius 1 is 1.33 bits per heavy atom. The Hall–Kier alpha value is -1.61. The van der Waals surface area contributed by atoms with Crippen LogP contribution < -0.4 is 5.32 Å². The van der Waals surface area contributed by atoms with Crippen LogP contribution in [0.25, 0.3) is 16.7 Å². The first-order valence-corrected chi connectivity index (χ1v) is 6.67. The Balaban J connectivity index is 1.79. The van der Waals surface area contributed by atoms with Gasteiger partial charge < -0.3 is 9.73 Å². The first-order chi connectivity index (χ1) is 8.92. The lowest BCUT2D eigenvalue weighted by molar-refractivity contribution is 0.444. The quantitative estimate of drug-likeness (QED) is 0.833. The molecular formula is C15H16N2O. The zero-order chi connectivity index (χ0) is 11.9. The summed E-state index contributed by atoms with van der Waals surface area (Å²) < 4.78 is 5.96. The number of nitrogens with one attached hydrogen (secondary N) is 1. The van der Waals surface area contributed by atoms with E-state index in [1.54, 1.807) is 0 Å². The van der Waals surface area contributed by atoms with Crippen LogP contribution in [0.2, 0.25) is 0 Å². The molecule has 1 saturated heterocycles. The lowest BCUT2D eigenvalue weighted by Gasteiger charge is -2.24. The van der Waals surface area contributed by atoms with Crippen molar-refractivity contribution in [2.75, 3.05) is 13.1 Å². The Morgan fingerprint density at radius 3 is 3.28 bits per heavy atom. The average Bonchev–Trinajstić information content (AvgIpc) is 3.04. The number of pyridine rings is 1. The van der Waals surface area contributed by atoms with Crippen molar-refractivity contribution in [3.63, 3.8) is 0 Å². The monoisotopic (exact) mass is 240 g/mol. The van der Waals surface area contributed by atoms with Gasteiger partial charge in [0.05, 0.1) is 0 Å². The van der Waals surface area contributed by atoms with Gasteiger partial charge in [0.2, 0.25) is 0 Å². The van der Waals surface area contributed by atoms with Crippen LogP contribution in [-0.2, 0) is 0 Å². The van der Waals surface area contributed by atoms with Gasteiger partial charge in [-0.25, -0.2) is 0 Å². The van der Waals surface area contributed by atoms with E-state index in [1.165, 1.54) is 18.4 Å². The molecule has 0 radical (unpaired) electrons. The summed E-state index contributed by atoms with van der Waals surface area (Å²) in [6.45, 7) is 2.24. The lowest BCUT2D eigenvalue weighted by Crippen LogP contribution is -2.17. The molecule has 3 nitrogen and oxygen atoms in total. The summed E-state index contributed by atoms with van der Waals surface area (Å²) in [6.07, 6.45) is 6.64. The van der Waals surface area contributed by atoms with Crippen molar-refractivity contribution in [1.29, 1.82) is 0 Å². The molecular weight excluding hydrogens is 224 g/mol. The molecule has 2 aromatic heterocycles. The fraction of sp³-hybridized carbons (Fsp3) is 0.400. The van der Waals surface area contributed by atoms with Crippen LogP contribution in [0.3, 0.4) is 0 Å². The maximum Gasteiger partial charge on any atom is 0.153 e. The normalized spacial score (nSPS) is 27.2. The third kappa shape index (κ3) is 1.51. The van der Waals surface area contributed by atoms with Crippen LogP contribution in [0.5, 0.6) is 0 Å². The number of aromatic nitrogens is 1. The van der Waals surface area contributed by atoms with Crippen molar-refractivity contribution in [1.82, 2.24) is 10.3 Å². The van der Waals surface area contributed by atoms with Gasteiger partial charge in [0, 0.05) is 24.7 Å². The largest absolute Gasteiger partial charge is 0.455 e. The number of furan rings is 1. The van der Waals surface area contributed by atoms with Gasteiger partial charge in [-0.1, -0.05) is 6.08 Å². The number of nitrogens with zero attached hydrogens (tertiary/aromatic N) is 1. The van der Waals surface area contributed by atoms with Crippen LogP contribution in [0, 0.1) is 11.8 Å². The molecule has 0 aromatic carbocycles. The van der Waals surface area contributed by atoms with Crippen molar-refractivity contribution in [3.05, 3.63) is 36.2 Å². The van der Waals surface area contributed by atoms with Crippen LogP contribution in [0.1, 0.15) is 18.6 Å². The Kier molecular flexibility index (Phi) is 2.27. The molecule has 1 N–H and O–H groups in total. The minimum atomic E-state index is 0.624. The molecule has 0 bridgehead atoms. The first kappa shape index (κ1) is 10.3. The van der Waals surface area contributed by atoms with E-state index in [0.717, 1.165) is 35.9 Å². The van der Waals surface area contributed by atoms with Gasteiger partial charge in [-0.2, -0.15) is 0 Å². The number of rotatable bonds is 1. The minimum absolute atomic E-state index is 0.624. The van der Waals surface area contributed by atoms with E-state index in [2.05, 4.69) is 22.4 Å². The van der Waals surface area contributed by atoms with Crippen molar-refractivity contribution in [2.24, 2.45) is 11.8 Å². The summed E-state index contributed by atoms with van der Waals surface area (Å²) in [6, 6.07) is 5.99. The predicted molar refractivity (Wildman–Crippen MR) is 71.1 cm³/mol. The van der Waals surface area contributed by atoms with Crippen LogP contribution >= 0.6 is 0 Å². The molecule has 4 rings (SSSR count). The van der Waals surface area contributed by atoms with E-state index in [9.17, 15) is 0 Å². The summed E-state index contributed by atoms with van der Waals surface area (Å²) in [5.74, 6) is 2.42. The summed E-state index contributed by atoms with van der Waals surface area (Å²) in [5.41, 5.74) is 3.23. The third-order valence-corrected chi connectivity index (χ3v) is 4.21. The van der Waals surface area contributed by atoms with Crippen molar-refractivity contribution in [3.8, 4) is 0 Å². The van der Waals surface area contributed by atoms with E-state index in [0.29, 0.717) is 5.92 Å². The summed E-state index contributed by atoms with van der Waals surface area (Å²) in [5, 5.41) is 3.50. The van der Waals surface area contributed by atoms with Crippen LogP contribution in [0.15, 0.2) is 34.9 Å². The van der Waals surface area contributed by atoms with Crippen LogP contribution in [-0.4, -0.2) is 18.1 Å². The maximum atomic E-state index is 5.96. The smallest absolute Gasteiger partial charge is 0.153 e. The highest BCUT2D eigenvalue weighted by molar-refractivity contribution is 5.79. The van der Waals surface area contributed by atoms with Gasteiger partial charge in [0.15, 0.2) is 5.58 Å². The standard InChI is InChI=1S/C15H16N2O/c1-3-10-8-16-9-12(10)11(4-1)15-7-13-14(18-15)5-2-6-17-13/h2,4-7,10,12,16H,1,3,8-9H2. The lowest BCUT2D eigenvalue weighted by atomic mass is 9.80. The molecule has 1 aliphatic heterocycles. The number of allylic oxidation sites excluding steroid dienone is 1. The van der Waals surface area contributed by atoms with E-state index < -0.39 is 0 Å². The molecule has 2 aromatic rings. The first-order valence-electron chi connectivity index (χ1n) is 6.67. The molecule has 1 aliphatic carbocycles. The van der Waals surface area contributed by atoms with Gasteiger partial charge in [-0.15, -0.1) is 0 Å². The highest BCUT2D eigenvalue weighted by Crippen LogP contribution is 2.39. The number of fused-ring (bicyclic) bond motifs is 2. The van der Waals surface area contributed by atoms with Gasteiger partial charge in [-0.05, 0) is 43.0 Å². The second-order valence-corrected chi connectivity index (χ2v) is 5.26. The van der Waals surface area contributed by atoms with Crippen molar-refractivity contribution < 1.29 is 4.42 Å². The van der Waals surface area contributed by atoms with E-state index in [1.807, 2.05) is 18.3 Å². The topological polar surface area (TPSA) is 38.1 Å². The number of hydrogen-bond acceptors (Lipinski definition) is 3. The van der Waals surface area contributed by atoms with Gasteiger partial charge in [-0.3, -0.25) is 4.98 Å². The molecule has 0 saturated carbocycles. The van der Waals surface area contributed by atoms with Crippen molar-refractivity contribution in [2.45, 2.75) is 12.8 Å². The minimum Gasteiger partial charge on any atom is -0.455 e. The Bertz CT molecular complexity index is 581. The third-order valence-electron chi connectivity index (χ3n) is 4.21. The fourth-order valence-electron chi connectivity index (χ4n) is 3.30. The average molecular weight is 240 g/mol.